The van der Waals surface area contributed by atoms with Crippen LogP contribution in [-0.2, 0) is 15.1 Å². The highest BCUT2D eigenvalue weighted by atomic mass is 16.5. The van der Waals surface area contributed by atoms with Crippen molar-refractivity contribution in [2.45, 2.75) is 50.5 Å². The summed E-state index contributed by atoms with van der Waals surface area (Å²) in [6.45, 7) is 1.04. The largest absolute Gasteiger partial charge is 0.450 e. The van der Waals surface area contributed by atoms with Crippen LogP contribution in [0.1, 0.15) is 44.6 Å². The van der Waals surface area contributed by atoms with E-state index in [9.17, 15) is 9.90 Å². The molecule has 0 bridgehead atoms. The van der Waals surface area contributed by atoms with Gasteiger partial charge in [-0.05, 0) is 18.4 Å². The number of benzene rings is 1. The average molecular weight is 361 g/mol. The highest BCUT2D eigenvalue weighted by molar-refractivity contribution is 5.81. The van der Waals surface area contributed by atoms with E-state index in [1.165, 1.54) is 6.92 Å². The number of carbonyl (C=O) groups excluding carboxylic acids is 1. The number of rotatable bonds is 6. The molecule has 0 aliphatic heterocycles. The van der Waals surface area contributed by atoms with Crippen LogP contribution in [0, 0.1) is 17.8 Å². The van der Waals surface area contributed by atoms with Gasteiger partial charge in [0.05, 0.1) is 6.54 Å². The van der Waals surface area contributed by atoms with Gasteiger partial charge in [0.1, 0.15) is 0 Å². The summed E-state index contributed by atoms with van der Waals surface area (Å²) < 4.78 is 5.23. The van der Waals surface area contributed by atoms with Crippen LogP contribution in [0.3, 0.4) is 0 Å². The highest BCUT2D eigenvalue weighted by Crippen LogP contribution is 2.40. The van der Waals surface area contributed by atoms with E-state index < -0.39 is 17.5 Å². The van der Waals surface area contributed by atoms with Crippen molar-refractivity contribution in [1.29, 1.82) is 0 Å². The fourth-order valence-corrected chi connectivity index (χ4v) is 3.27. The van der Waals surface area contributed by atoms with Crippen molar-refractivity contribution in [1.82, 2.24) is 5.32 Å². The molecule has 0 heterocycles. The average Bonchev–Trinajstić information content (AvgIpc) is 2.64. The second-order valence-electron chi connectivity index (χ2n) is 6.77. The summed E-state index contributed by atoms with van der Waals surface area (Å²) in [5.74, 6) is 2.39. The van der Waals surface area contributed by atoms with E-state index in [0.29, 0.717) is 5.56 Å². The Labute approximate surface area is 154 Å². The molecule has 6 heteroatoms. The summed E-state index contributed by atoms with van der Waals surface area (Å²) >= 11 is 0. The molecule has 6 nitrogen and oxygen atoms in total. The van der Waals surface area contributed by atoms with Crippen molar-refractivity contribution in [2.24, 2.45) is 5.92 Å². The van der Waals surface area contributed by atoms with Crippen LogP contribution in [0.25, 0.3) is 0 Å². The van der Waals surface area contributed by atoms with E-state index in [2.05, 4.69) is 17.2 Å². The van der Waals surface area contributed by atoms with E-state index >= 15 is 0 Å². The summed E-state index contributed by atoms with van der Waals surface area (Å²) in [4.78, 5) is 12.7. The zero-order chi connectivity index (χ0) is 19.0. The zero-order valence-electron chi connectivity index (χ0n) is 15.1. The predicted octanol–water partition coefficient (Wildman–Crippen LogP) is 1.25. The molecule has 0 spiro atoms. The lowest BCUT2D eigenvalue weighted by atomic mass is 9.73. The lowest BCUT2D eigenvalue weighted by molar-refractivity contribution is -0.174. The molecule has 0 radical (unpaired) electrons. The molecule has 0 aromatic heterocycles. The SMILES string of the molecule is CC(O)(O)NCC#CCOC(=O)[C@@](O)(c1ccccc1)C1CCCCC1. The molecular formula is C20H27NO5. The number of esters is 1. The van der Waals surface area contributed by atoms with Crippen molar-refractivity contribution in [3.63, 3.8) is 0 Å². The van der Waals surface area contributed by atoms with Gasteiger partial charge < -0.3 is 20.1 Å². The standard InChI is InChI=1S/C20H27NO5/c1-19(23,24)21-14-8-9-15-26-18(22)20(25,16-10-4-2-5-11-16)17-12-6-3-7-13-17/h2,4-5,10-11,17,21,23-25H,3,6-7,12-15H2,1H3/t20-/m1/s1. The number of nitrogens with one attached hydrogen (secondary N) is 1. The molecule has 1 saturated carbocycles. The van der Waals surface area contributed by atoms with E-state index in [-0.39, 0.29) is 19.1 Å². The van der Waals surface area contributed by atoms with Crippen LogP contribution in [0.5, 0.6) is 0 Å². The Hall–Kier alpha value is -1.91. The first-order chi connectivity index (χ1) is 12.3. The highest BCUT2D eigenvalue weighted by Gasteiger charge is 2.46. The molecule has 26 heavy (non-hydrogen) atoms. The number of aliphatic hydroxyl groups is 3. The monoisotopic (exact) mass is 361 g/mol. The molecule has 1 fully saturated rings. The van der Waals surface area contributed by atoms with Crippen LogP contribution < -0.4 is 5.32 Å². The minimum absolute atomic E-state index is 0.0344. The van der Waals surface area contributed by atoms with Crippen LogP contribution >= 0.6 is 0 Å². The maximum atomic E-state index is 12.7. The van der Waals surface area contributed by atoms with Gasteiger partial charge in [-0.25, -0.2) is 4.79 Å². The second kappa shape index (κ2) is 9.15. The first kappa shape index (κ1) is 20.4. The van der Waals surface area contributed by atoms with Gasteiger partial charge in [-0.15, -0.1) is 0 Å². The molecule has 1 aromatic carbocycles. The summed E-state index contributed by atoms with van der Waals surface area (Å²) in [5, 5.41) is 31.8. The van der Waals surface area contributed by atoms with Gasteiger partial charge in [-0.1, -0.05) is 61.4 Å². The van der Waals surface area contributed by atoms with Gasteiger partial charge >= 0.3 is 5.97 Å². The third-order valence-electron chi connectivity index (χ3n) is 4.63. The Bertz CT molecular complexity index is 638. The molecule has 1 aliphatic carbocycles. The quantitative estimate of drug-likeness (QED) is 0.346. The van der Waals surface area contributed by atoms with Gasteiger partial charge in [0.25, 0.3) is 0 Å². The van der Waals surface area contributed by atoms with E-state index in [1.807, 2.05) is 6.07 Å². The molecule has 4 N–H and O–H groups in total. The molecule has 1 aliphatic rings. The Morgan fingerprint density at radius 1 is 1.15 bits per heavy atom. The number of hydrogen-bond acceptors (Lipinski definition) is 6. The van der Waals surface area contributed by atoms with Crippen molar-refractivity contribution in [2.75, 3.05) is 13.2 Å². The van der Waals surface area contributed by atoms with Crippen LogP contribution in [0.15, 0.2) is 30.3 Å². The van der Waals surface area contributed by atoms with Crippen molar-refractivity contribution in [3.8, 4) is 11.8 Å². The van der Waals surface area contributed by atoms with Crippen LogP contribution in [0.4, 0.5) is 0 Å². The molecule has 142 valence electrons. The Morgan fingerprint density at radius 2 is 1.81 bits per heavy atom. The maximum absolute atomic E-state index is 12.7. The second-order valence-corrected chi connectivity index (χ2v) is 6.77. The summed E-state index contributed by atoms with van der Waals surface area (Å²) in [6, 6.07) is 8.92. The summed E-state index contributed by atoms with van der Waals surface area (Å²) in [5.41, 5.74) is -1.13. The first-order valence-electron chi connectivity index (χ1n) is 8.94. The molecule has 1 aromatic rings. The Morgan fingerprint density at radius 3 is 2.42 bits per heavy atom. The third kappa shape index (κ3) is 5.55. The topological polar surface area (TPSA) is 99.0 Å². The molecular weight excluding hydrogens is 334 g/mol. The Balaban J connectivity index is 2.04. The van der Waals surface area contributed by atoms with Gasteiger partial charge in [-0.3, -0.25) is 5.32 Å². The lowest BCUT2D eigenvalue weighted by Crippen LogP contribution is -2.45. The molecule has 0 amide bonds. The third-order valence-corrected chi connectivity index (χ3v) is 4.63. The predicted molar refractivity (Wildman–Crippen MR) is 96.5 cm³/mol. The smallest absolute Gasteiger partial charge is 0.344 e. The van der Waals surface area contributed by atoms with E-state index in [1.54, 1.807) is 24.3 Å². The number of carbonyl (C=O) groups is 1. The molecule has 2 rings (SSSR count). The molecule has 0 unspecified atom stereocenters. The van der Waals surface area contributed by atoms with Gasteiger partial charge in [0.2, 0.25) is 5.91 Å². The molecule has 0 saturated heterocycles. The number of hydrogen-bond donors (Lipinski definition) is 4. The van der Waals surface area contributed by atoms with Gasteiger partial charge in [0, 0.05) is 12.8 Å². The fraction of sp³-hybridized carbons (Fsp3) is 0.550. The minimum atomic E-state index is -2.00. The van der Waals surface area contributed by atoms with Crippen molar-refractivity contribution in [3.05, 3.63) is 35.9 Å². The Kier molecular flexibility index (Phi) is 7.18. The zero-order valence-corrected chi connectivity index (χ0v) is 15.1. The van der Waals surface area contributed by atoms with Crippen LogP contribution in [0.2, 0.25) is 0 Å². The van der Waals surface area contributed by atoms with Gasteiger partial charge in [-0.2, -0.15) is 0 Å². The minimum Gasteiger partial charge on any atom is -0.450 e. The first-order valence-corrected chi connectivity index (χ1v) is 8.94. The van der Waals surface area contributed by atoms with Crippen molar-refractivity contribution >= 4 is 5.97 Å². The van der Waals surface area contributed by atoms with E-state index in [0.717, 1.165) is 32.1 Å². The van der Waals surface area contributed by atoms with Gasteiger partial charge in [0.15, 0.2) is 12.2 Å². The lowest BCUT2D eigenvalue weighted by Gasteiger charge is -2.36. The number of ether oxygens (including phenoxy) is 1. The molecule has 1 atom stereocenters. The van der Waals surface area contributed by atoms with Crippen LogP contribution in [-0.4, -0.2) is 40.4 Å². The van der Waals surface area contributed by atoms with E-state index in [4.69, 9.17) is 14.9 Å². The normalized spacial score (nSPS) is 17.7. The summed E-state index contributed by atoms with van der Waals surface area (Å²) in [6.07, 6.45) is 4.65. The summed E-state index contributed by atoms with van der Waals surface area (Å²) in [7, 11) is 0. The van der Waals surface area contributed by atoms with Crippen molar-refractivity contribution < 1.29 is 24.9 Å². The maximum Gasteiger partial charge on any atom is 0.344 e. The fourth-order valence-electron chi connectivity index (χ4n) is 3.27.